The second kappa shape index (κ2) is 8.73. The number of fused-ring (bicyclic) bond motifs is 2. The molecule has 0 atom stereocenters. The number of carbonyl (C=O) groups is 1. The Morgan fingerprint density at radius 1 is 1.03 bits per heavy atom. The first kappa shape index (κ1) is 20.2. The van der Waals surface area contributed by atoms with Crippen LogP contribution in [0, 0.1) is 13.1 Å². The molecule has 7 heteroatoms. The number of aromatic nitrogens is 2. The highest BCUT2D eigenvalue weighted by Gasteiger charge is 2.22. The first-order valence-electron chi connectivity index (χ1n) is 10.1. The Morgan fingerprint density at radius 2 is 1.68 bits per heavy atom. The van der Waals surface area contributed by atoms with Crippen molar-refractivity contribution in [1.29, 1.82) is 0 Å². The minimum Gasteiger partial charge on any atom is -0.366 e. The van der Waals surface area contributed by atoms with Crippen LogP contribution >= 0.6 is 0 Å². The number of benzene rings is 2. The zero-order chi connectivity index (χ0) is 21.8. The summed E-state index contributed by atoms with van der Waals surface area (Å²) in [5, 5.41) is 0. The van der Waals surface area contributed by atoms with Crippen LogP contribution in [0.2, 0.25) is 0 Å². The summed E-state index contributed by atoms with van der Waals surface area (Å²) in [5.41, 5.74) is 6.99. The molecule has 0 saturated carbocycles. The monoisotopic (exact) mass is 410 g/mol. The molecule has 31 heavy (non-hydrogen) atoms. The molecule has 154 valence electrons. The third-order valence-electron chi connectivity index (χ3n) is 5.58. The molecule has 0 spiro atoms. The third-order valence-corrected chi connectivity index (χ3v) is 5.58. The number of rotatable bonds is 2. The first-order chi connectivity index (χ1) is 15.1. The van der Waals surface area contributed by atoms with Gasteiger partial charge in [0.25, 0.3) is 0 Å². The highest BCUT2D eigenvalue weighted by atomic mass is 16.2. The molecular formula is C24H22N6O. The molecule has 3 heterocycles. The maximum absolute atomic E-state index is 11.3. The van der Waals surface area contributed by atoms with Crippen molar-refractivity contribution in [1.82, 2.24) is 9.97 Å². The molecule has 0 bridgehead atoms. The average Bonchev–Trinajstić information content (AvgIpc) is 3.54. The fourth-order valence-electron chi connectivity index (χ4n) is 4.01. The van der Waals surface area contributed by atoms with Crippen LogP contribution in [0.5, 0.6) is 0 Å². The van der Waals surface area contributed by atoms with Crippen molar-refractivity contribution in [2.45, 2.75) is 26.3 Å². The van der Waals surface area contributed by atoms with Crippen LogP contribution in [-0.4, -0.2) is 29.0 Å². The number of amides is 1. The first-order valence-corrected chi connectivity index (χ1v) is 10.1. The van der Waals surface area contributed by atoms with Crippen LogP contribution in [0.4, 0.5) is 22.7 Å². The average molecular weight is 410 g/mol. The molecule has 1 N–H and O–H groups in total. The van der Waals surface area contributed by atoms with E-state index < -0.39 is 0 Å². The number of aromatic amines is 1. The standard InChI is InChI=1S/C13H12N4.C11H10N2O/c1-14-11-3-2-10-4-5-17(13(10)6-11)8-12-7-15-9-16-12;1-8(14)13-6-5-9-3-4-10(12-2)7-11(9)13/h2-3,6-7,9H,4-5,8H2,(H,15,16);3-4,7H,5-6H2,1H3. The third kappa shape index (κ3) is 4.26. The SMILES string of the molecule is [C-]#[N+]c1ccc2c(c1)N(C(C)=O)CC2.[C-]#[N+]c1ccc2c(c1)N(Cc1cnc[nH]1)CC2. The number of hydrogen-bond donors (Lipinski definition) is 1. The van der Waals surface area contributed by atoms with Crippen LogP contribution in [0.1, 0.15) is 23.7 Å². The lowest BCUT2D eigenvalue weighted by Gasteiger charge is -2.18. The molecule has 7 nitrogen and oxygen atoms in total. The Labute approximate surface area is 181 Å². The van der Waals surface area contributed by atoms with E-state index in [1.54, 1.807) is 30.3 Å². The van der Waals surface area contributed by atoms with Crippen molar-refractivity contribution in [2.24, 2.45) is 0 Å². The minimum atomic E-state index is 0.0471. The van der Waals surface area contributed by atoms with E-state index in [-0.39, 0.29) is 5.91 Å². The van der Waals surface area contributed by atoms with E-state index in [0.29, 0.717) is 11.4 Å². The van der Waals surface area contributed by atoms with Crippen molar-refractivity contribution >= 4 is 28.7 Å². The van der Waals surface area contributed by atoms with E-state index in [9.17, 15) is 4.79 Å². The van der Waals surface area contributed by atoms with Gasteiger partial charge in [-0.3, -0.25) is 4.79 Å². The summed E-state index contributed by atoms with van der Waals surface area (Å²) < 4.78 is 0. The fourth-order valence-corrected chi connectivity index (χ4v) is 4.01. The molecule has 0 unspecified atom stereocenters. The van der Waals surface area contributed by atoms with E-state index in [0.717, 1.165) is 49.4 Å². The lowest BCUT2D eigenvalue weighted by molar-refractivity contribution is -0.116. The number of nitrogens with one attached hydrogen (secondary N) is 1. The largest absolute Gasteiger partial charge is 0.366 e. The molecule has 0 fully saturated rings. The van der Waals surface area contributed by atoms with Crippen molar-refractivity contribution in [3.63, 3.8) is 0 Å². The van der Waals surface area contributed by atoms with Gasteiger partial charge >= 0.3 is 0 Å². The lowest BCUT2D eigenvalue weighted by atomic mass is 10.1. The number of nitrogens with zero attached hydrogens (tertiary/aromatic N) is 5. The van der Waals surface area contributed by atoms with Gasteiger partial charge in [0.1, 0.15) is 0 Å². The van der Waals surface area contributed by atoms with Crippen LogP contribution < -0.4 is 9.80 Å². The maximum Gasteiger partial charge on any atom is 0.223 e. The number of hydrogen-bond acceptors (Lipinski definition) is 3. The van der Waals surface area contributed by atoms with Gasteiger partial charge in [0.15, 0.2) is 11.4 Å². The van der Waals surface area contributed by atoms with Crippen LogP contribution in [0.25, 0.3) is 9.69 Å². The Balaban J connectivity index is 0.000000152. The summed E-state index contributed by atoms with van der Waals surface area (Å²) in [6.07, 6.45) is 5.49. The number of imidazole rings is 1. The normalized spacial score (nSPS) is 13.5. The van der Waals surface area contributed by atoms with Gasteiger partial charge in [0.05, 0.1) is 31.7 Å². The summed E-state index contributed by atoms with van der Waals surface area (Å²) in [6, 6.07) is 11.5. The van der Waals surface area contributed by atoms with Gasteiger partial charge in [0.2, 0.25) is 5.91 Å². The zero-order valence-electron chi connectivity index (χ0n) is 17.3. The second-order valence-electron chi connectivity index (χ2n) is 7.52. The summed E-state index contributed by atoms with van der Waals surface area (Å²) >= 11 is 0. The molecule has 2 aliphatic heterocycles. The van der Waals surface area contributed by atoms with Crippen LogP contribution in [0.3, 0.4) is 0 Å². The maximum atomic E-state index is 11.3. The van der Waals surface area contributed by atoms with E-state index in [1.165, 1.54) is 11.3 Å². The van der Waals surface area contributed by atoms with E-state index in [2.05, 4.69) is 30.6 Å². The van der Waals surface area contributed by atoms with Crippen molar-refractivity contribution in [3.05, 3.63) is 88.6 Å². The van der Waals surface area contributed by atoms with Gasteiger partial charge in [-0.05, 0) is 36.1 Å². The fraction of sp³-hybridized carbons (Fsp3) is 0.250. The van der Waals surface area contributed by atoms with Crippen LogP contribution in [-0.2, 0) is 24.2 Å². The molecule has 0 radical (unpaired) electrons. The summed E-state index contributed by atoms with van der Waals surface area (Å²) in [7, 11) is 0. The number of carbonyl (C=O) groups excluding carboxylic acids is 1. The molecule has 1 amide bonds. The van der Waals surface area contributed by atoms with E-state index in [1.807, 2.05) is 24.4 Å². The van der Waals surface area contributed by atoms with Gasteiger partial charge in [-0.1, -0.05) is 24.3 Å². The van der Waals surface area contributed by atoms with Gasteiger partial charge in [-0.15, -0.1) is 0 Å². The minimum absolute atomic E-state index is 0.0471. The van der Waals surface area contributed by atoms with E-state index >= 15 is 0 Å². The van der Waals surface area contributed by atoms with Gasteiger partial charge < -0.3 is 14.8 Å². The number of H-pyrrole nitrogens is 1. The molecule has 5 rings (SSSR count). The smallest absolute Gasteiger partial charge is 0.223 e. The van der Waals surface area contributed by atoms with Gasteiger partial charge in [-0.25, -0.2) is 14.7 Å². The molecule has 1 aromatic heterocycles. The van der Waals surface area contributed by atoms with Gasteiger partial charge in [0, 0.05) is 37.6 Å². The van der Waals surface area contributed by atoms with Gasteiger partial charge in [-0.2, -0.15) is 0 Å². The molecule has 3 aromatic rings. The van der Waals surface area contributed by atoms with Crippen molar-refractivity contribution < 1.29 is 4.79 Å². The Kier molecular flexibility index (Phi) is 5.68. The van der Waals surface area contributed by atoms with Crippen molar-refractivity contribution in [3.8, 4) is 0 Å². The predicted molar refractivity (Wildman–Crippen MR) is 120 cm³/mol. The molecular weight excluding hydrogens is 388 g/mol. The summed E-state index contributed by atoms with van der Waals surface area (Å²) in [4.78, 5) is 29.2. The molecule has 0 aliphatic carbocycles. The van der Waals surface area contributed by atoms with Crippen molar-refractivity contribution in [2.75, 3.05) is 22.9 Å². The van der Waals surface area contributed by atoms with E-state index in [4.69, 9.17) is 13.1 Å². The molecule has 2 aliphatic rings. The Morgan fingerprint density at radius 3 is 2.29 bits per heavy atom. The number of anilines is 2. The molecule has 2 aromatic carbocycles. The lowest BCUT2D eigenvalue weighted by Crippen LogP contribution is -2.25. The zero-order valence-corrected chi connectivity index (χ0v) is 17.3. The Hall–Kier alpha value is -4.10. The summed E-state index contributed by atoms with van der Waals surface area (Å²) in [6.45, 7) is 18.1. The highest BCUT2D eigenvalue weighted by molar-refractivity contribution is 5.94. The topological polar surface area (TPSA) is 61.0 Å². The quantitative estimate of drug-likeness (QED) is 0.625. The second-order valence-corrected chi connectivity index (χ2v) is 7.52. The summed E-state index contributed by atoms with van der Waals surface area (Å²) in [5.74, 6) is 0.0471. The predicted octanol–water partition coefficient (Wildman–Crippen LogP) is 4.67. The van der Waals surface area contributed by atoms with Crippen LogP contribution in [0.15, 0.2) is 48.9 Å². The Bertz CT molecular complexity index is 1190. The molecule has 0 saturated heterocycles. The highest BCUT2D eigenvalue weighted by Crippen LogP contribution is 2.33.